The van der Waals surface area contributed by atoms with E-state index in [-0.39, 0.29) is 5.91 Å². The van der Waals surface area contributed by atoms with Gasteiger partial charge in [0.05, 0.1) is 22.4 Å². The average Bonchev–Trinajstić information content (AvgIpc) is 2.91. The summed E-state index contributed by atoms with van der Waals surface area (Å²) in [5.41, 5.74) is 1.68. The SMILES string of the molecule is CCn1ncc(Cl)c1C(=O)Nc1ccc(Br)c2cccnc12. The van der Waals surface area contributed by atoms with Crippen molar-refractivity contribution in [3.8, 4) is 0 Å². The number of halogens is 2. The fourth-order valence-electron chi connectivity index (χ4n) is 2.25. The second-order valence-electron chi connectivity index (χ2n) is 4.61. The lowest BCUT2D eigenvalue weighted by molar-refractivity contribution is 0.101. The van der Waals surface area contributed by atoms with Crippen LogP contribution >= 0.6 is 27.5 Å². The van der Waals surface area contributed by atoms with Crippen molar-refractivity contribution in [1.29, 1.82) is 0 Å². The second-order valence-corrected chi connectivity index (χ2v) is 5.87. The fourth-order valence-corrected chi connectivity index (χ4v) is 2.93. The van der Waals surface area contributed by atoms with E-state index < -0.39 is 0 Å². The summed E-state index contributed by atoms with van der Waals surface area (Å²) in [6.07, 6.45) is 3.16. The van der Waals surface area contributed by atoms with Crippen molar-refractivity contribution in [1.82, 2.24) is 14.8 Å². The van der Waals surface area contributed by atoms with Crippen LogP contribution in [0.5, 0.6) is 0 Å². The molecule has 1 N–H and O–H groups in total. The highest BCUT2D eigenvalue weighted by atomic mass is 79.9. The van der Waals surface area contributed by atoms with Crippen LogP contribution in [0.1, 0.15) is 17.4 Å². The van der Waals surface area contributed by atoms with E-state index in [0.717, 1.165) is 9.86 Å². The van der Waals surface area contributed by atoms with Crippen LogP contribution < -0.4 is 5.32 Å². The van der Waals surface area contributed by atoms with Crippen LogP contribution in [-0.2, 0) is 6.54 Å². The molecule has 3 aromatic rings. The van der Waals surface area contributed by atoms with Gasteiger partial charge < -0.3 is 5.32 Å². The van der Waals surface area contributed by atoms with Gasteiger partial charge in [-0.15, -0.1) is 0 Å². The monoisotopic (exact) mass is 378 g/mol. The number of aromatic nitrogens is 3. The number of pyridine rings is 1. The zero-order chi connectivity index (χ0) is 15.7. The number of carbonyl (C=O) groups excluding carboxylic acids is 1. The Morgan fingerprint density at radius 3 is 3.00 bits per heavy atom. The van der Waals surface area contributed by atoms with E-state index in [9.17, 15) is 4.79 Å². The van der Waals surface area contributed by atoms with Crippen LogP contribution in [0.15, 0.2) is 41.1 Å². The molecule has 0 bridgehead atoms. The van der Waals surface area contributed by atoms with Gasteiger partial charge in [-0.2, -0.15) is 5.10 Å². The van der Waals surface area contributed by atoms with E-state index in [2.05, 4.69) is 31.3 Å². The Bertz CT molecular complexity index is 862. The molecule has 3 rings (SSSR count). The van der Waals surface area contributed by atoms with Crippen molar-refractivity contribution in [3.05, 3.63) is 51.8 Å². The average molecular weight is 380 g/mol. The first kappa shape index (κ1) is 15.0. The van der Waals surface area contributed by atoms with Gasteiger partial charge in [0, 0.05) is 22.6 Å². The summed E-state index contributed by atoms with van der Waals surface area (Å²) in [6.45, 7) is 2.46. The first-order valence-corrected chi connectivity index (χ1v) is 7.84. The lowest BCUT2D eigenvalue weighted by atomic mass is 10.2. The Morgan fingerprint density at radius 2 is 2.23 bits per heavy atom. The van der Waals surface area contributed by atoms with E-state index in [0.29, 0.717) is 28.5 Å². The van der Waals surface area contributed by atoms with Crippen molar-refractivity contribution >= 4 is 50.0 Å². The fraction of sp³-hybridized carbons (Fsp3) is 0.133. The number of carbonyl (C=O) groups is 1. The Hall–Kier alpha value is -1.92. The molecule has 0 atom stereocenters. The summed E-state index contributed by atoms with van der Waals surface area (Å²) in [4.78, 5) is 16.8. The van der Waals surface area contributed by atoms with Crippen molar-refractivity contribution in [2.75, 3.05) is 5.32 Å². The van der Waals surface area contributed by atoms with Gasteiger partial charge in [0.15, 0.2) is 0 Å². The van der Waals surface area contributed by atoms with Crippen molar-refractivity contribution in [2.24, 2.45) is 0 Å². The molecule has 2 aromatic heterocycles. The van der Waals surface area contributed by atoms with Crippen molar-refractivity contribution < 1.29 is 4.79 Å². The smallest absolute Gasteiger partial charge is 0.275 e. The molecule has 112 valence electrons. The first-order chi connectivity index (χ1) is 10.6. The summed E-state index contributed by atoms with van der Waals surface area (Å²) in [6, 6.07) is 7.46. The molecule has 0 aliphatic rings. The first-order valence-electron chi connectivity index (χ1n) is 6.67. The van der Waals surface area contributed by atoms with Gasteiger partial charge in [-0.05, 0) is 25.1 Å². The lowest BCUT2D eigenvalue weighted by Gasteiger charge is -2.10. The minimum atomic E-state index is -0.307. The van der Waals surface area contributed by atoms with Gasteiger partial charge in [0.1, 0.15) is 5.69 Å². The molecular weight excluding hydrogens is 368 g/mol. The van der Waals surface area contributed by atoms with Gasteiger partial charge in [-0.1, -0.05) is 33.6 Å². The van der Waals surface area contributed by atoms with E-state index in [4.69, 9.17) is 11.6 Å². The third-order valence-electron chi connectivity index (χ3n) is 3.27. The standard InChI is InChI=1S/C15H12BrClN4O/c1-2-21-14(11(17)8-19-21)15(22)20-12-6-5-10(16)9-4-3-7-18-13(9)12/h3-8H,2H2,1H3,(H,20,22). The number of nitrogens with one attached hydrogen (secondary N) is 1. The van der Waals surface area contributed by atoms with Crippen molar-refractivity contribution in [2.45, 2.75) is 13.5 Å². The number of amides is 1. The number of anilines is 1. The van der Waals surface area contributed by atoms with E-state index in [1.807, 2.05) is 25.1 Å². The molecule has 0 unspecified atom stereocenters. The minimum Gasteiger partial charge on any atom is -0.319 e. The molecule has 1 amide bonds. The van der Waals surface area contributed by atoms with Gasteiger partial charge in [-0.3, -0.25) is 14.5 Å². The van der Waals surface area contributed by atoms with E-state index >= 15 is 0 Å². The highest BCUT2D eigenvalue weighted by Gasteiger charge is 2.18. The van der Waals surface area contributed by atoms with Gasteiger partial charge in [0.25, 0.3) is 5.91 Å². The molecule has 0 radical (unpaired) electrons. The molecule has 5 nitrogen and oxygen atoms in total. The zero-order valence-corrected chi connectivity index (χ0v) is 14.0. The minimum absolute atomic E-state index is 0.307. The molecule has 0 saturated heterocycles. The Labute approximate surface area is 140 Å². The highest BCUT2D eigenvalue weighted by molar-refractivity contribution is 9.10. The molecule has 0 aliphatic heterocycles. The number of aryl methyl sites for hydroxylation is 1. The van der Waals surface area contributed by atoms with Gasteiger partial charge >= 0.3 is 0 Å². The molecular formula is C15H12BrClN4O. The third-order valence-corrected chi connectivity index (χ3v) is 4.24. The van der Waals surface area contributed by atoms with Gasteiger partial charge in [0.2, 0.25) is 0 Å². The summed E-state index contributed by atoms with van der Waals surface area (Å²) in [5, 5.41) is 8.19. The Balaban J connectivity index is 2.02. The van der Waals surface area contributed by atoms with Crippen LogP contribution in [-0.4, -0.2) is 20.7 Å². The van der Waals surface area contributed by atoms with E-state index in [1.54, 1.807) is 16.9 Å². The number of nitrogens with zero attached hydrogens (tertiary/aromatic N) is 3. The van der Waals surface area contributed by atoms with Gasteiger partial charge in [-0.25, -0.2) is 0 Å². The second kappa shape index (κ2) is 6.06. The maximum Gasteiger partial charge on any atom is 0.275 e. The Morgan fingerprint density at radius 1 is 1.41 bits per heavy atom. The molecule has 0 saturated carbocycles. The predicted octanol–water partition coefficient (Wildman–Crippen LogP) is 4.12. The molecule has 1 aromatic carbocycles. The molecule has 7 heteroatoms. The summed E-state index contributed by atoms with van der Waals surface area (Å²) >= 11 is 9.54. The normalized spacial score (nSPS) is 10.9. The maximum absolute atomic E-state index is 12.5. The quantitative estimate of drug-likeness (QED) is 0.744. The number of hydrogen-bond donors (Lipinski definition) is 1. The largest absolute Gasteiger partial charge is 0.319 e. The molecule has 0 spiro atoms. The topological polar surface area (TPSA) is 59.8 Å². The third kappa shape index (κ3) is 2.60. The van der Waals surface area contributed by atoms with Crippen LogP contribution in [0.3, 0.4) is 0 Å². The number of benzene rings is 1. The van der Waals surface area contributed by atoms with Crippen LogP contribution in [0, 0.1) is 0 Å². The predicted molar refractivity (Wildman–Crippen MR) is 90.3 cm³/mol. The molecule has 0 aliphatic carbocycles. The van der Waals surface area contributed by atoms with Crippen molar-refractivity contribution in [3.63, 3.8) is 0 Å². The maximum atomic E-state index is 12.5. The van der Waals surface area contributed by atoms with Crippen LogP contribution in [0.2, 0.25) is 5.02 Å². The summed E-state index contributed by atoms with van der Waals surface area (Å²) in [5.74, 6) is -0.307. The van der Waals surface area contributed by atoms with E-state index in [1.165, 1.54) is 6.20 Å². The molecule has 0 fully saturated rings. The van der Waals surface area contributed by atoms with Crippen LogP contribution in [0.25, 0.3) is 10.9 Å². The summed E-state index contributed by atoms with van der Waals surface area (Å²) < 4.78 is 2.48. The number of hydrogen-bond acceptors (Lipinski definition) is 3. The lowest BCUT2D eigenvalue weighted by Crippen LogP contribution is -2.18. The molecule has 22 heavy (non-hydrogen) atoms. The Kier molecular flexibility index (Phi) is 4.13. The highest BCUT2D eigenvalue weighted by Crippen LogP contribution is 2.29. The summed E-state index contributed by atoms with van der Waals surface area (Å²) in [7, 11) is 0. The number of rotatable bonds is 3. The van der Waals surface area contributed by atoms with Crippen LogP contribution in [0.4, 0.5) is 5.69 Å². The number of fused-ring (bicyclic) bond motifs is 1. The zero-order valence-electron chi connectivity index (χ0n) is 11.7. The molecule has 2 heterocycles.